The van der Waals surface area contributed by atoms with Crippen LogP contribution in [0, 0.1) is 0 Å². The van der Waals surface area contributed by atoms with E-state index < -0.39 is 11.9 Å². The van der Waals surface area contributed by atoms with E-state index in [0.29, 0.717) is 13.2 Å². The predicted octanol–water partition coefficient (Wildman–Crippen LogP) is 1.55. The standard InChI is InChI=1S/C18H26O6/c1-3-5-7-9-23-15-11-14(18(21)22)16(12-13(15)17(19)20)24-10-8-6-4-2/h11-12H,3-10H2,1-2H3,(H,19,20)(H,21,22)/p-2. The maximum Gasteiger partial charge on any atom is 0.129 e. The number of unbranched alkanes of at least 4 members (excludes halogenated alkanes) is 4. The minimum absolute atomic E-state index is 0.0359. The van der Waals surface area contributed by atoms with Crippen LogP contribution in [0.25, 0.3) is 0 Å². The molecule has 0 aliphatic heterocycles. The summed E-state index contributed by atoms with van der Waals surface area (Å²) in [4.78, 5) is 22.6. The van der Waals surface area contributed by atoms with Gasteiger partial charge in [-0.2, -0.15) is 0 Å². The Morgan fingerprint density at radius 3 is 1.46 bits per heavy atom. The van der Waals surface area contributed by atoms with Gasteiger partial charge >= 0.3 is 0 Å². The van der Waals surface area contributed by atoms with E-state index in [1.807, 2.05) is 13.8 Å². The van der Waals surface area contributed by atoms with Crippen molar-refractivity contribution in [1.82, 2.24) is 0 Å². The second kappa shape index (κ2) is 10.5. The number of aromatic carboxylic acids is 2. The van der Waals surface area contributed by atoms with Crippen LogP contribution >= 0.6 is 0 Å². The molecule has 1 aromatic carbocycles. The quantitative estimate of drug-likeness (QED) is 0.537. The molecule has 24 heavy (non-hydrogen) atoms. The topological polar surface area (TPSA) is 98.7 Å². The zero-order chi connectivity index (χ0) is 17.9. The summed E-state index contributed by atoms with van der Waals surface area (Å²) in [5, 5.41) is 22.6. The first-order valence-electron chi connectivity index (χ1n) is 8.37. The molecule has 0 fully saturated rings. The van der Waals surface area contributed by atoms with Crippen LogP contribution in [0.1, 0.15) is 73.1 Å². The van der Waals surface area contributed by atoms with Crippen molar-refractivity contribution in [3.63, 3.8) is 0 Å². The van der Waals surface area contributed by atoms with Crippen LogP contribution < -0.4 is 19.7 Å². The summed E-state index contributed by atoms with van der Waals surface area (Å²) in [6.45, 7) is 4.67. The van der Waals surface area contributed by atoms with Crippen molar-refractivity contribution in [1.29, 1.82) is 0 Å². The molecule has 0 amide bonds. The van der Waals surface area contributed by atoms with Crippen molar-refractivity contribution in [2.24, 2.45) is 0 Å². The lowest BCUT2D eigenvalue weighted by Crippen LogP contribution is -2.26. The third-order valence-electron chi connectivity index (χ3n) is 3.53. The van der Waals surface area contributed by atoms with Crippen molar-refractivity contribution in [2.45, 2.75) is 52.4 Å². The molecule has 0 atom stereocenters. The molecule has 0 aliphatic carbocycles. The monoisotopic (exact) mass is 336 g/mol. The lowest BCUT2D eigenvalue weighted by Gasteiger charge is -2.18. The first-order valence-corrected chi connectivity index (χ1v) is 8.37. The molecule has 0 saturated heterocycles. The maximum absolute atomic E-state index is 11.3. The number of rotatable bonds is 12. The zero-order valence-electron chi connectivity index (χ0n) is 14.3. The molecular weight excluding hydrogens is 312 g/mol. The van der Waals surface area contributed by atoms with Crippen LogP contribution in [0.4, 0.5) is 0 Å². The van der Waals surface area contributed by atoms with E-state index in [2.05, 4.69) is 0 Å². The number of hydrogen-bond donors (Lipinski definition) is 0. The Bertz CT molecular complexity index is 503. The number of benzene rings is 1. The summed E-state index contributed by atoms with van der Waals surface area (Å²) in [5.41, 5.74) is -0.441. The van der Waals surface area contributed by atoms with Crippen molar-refractivity contribution in [2.75, 3.05) is 13.2 Å². The highest BCUT2D eigenvalue weighted by Crippen LogP contribution is 2.29. The molecule has 0 radical (unpaired) electrons. The van der Waals surface area contributed by atoms with Crippen molar-refractivity contribution in [3.05, 3.63) is 23.3 Å². The van der Waals surface area contributed by atoms with Gasteiger partial charge in [-0.15, -0.1) is 0 Å². The molecule has 0 saturated carbocycles. The fourth-order valence-electron chi connectivity index (χ4n) is 2.19. The summed E-state index contributed by atoms with van der Waals surface area (Å²) in [6.07, 6.45) is 5.36. The highest BCUT2D eigenvalue weighted by Gasteiger charge is 2.14. The number of carbonyl (C=O) groups excluding carboxylic acids is 2. The molecule has 0 heterocycles. The van der Waals surface area contributed by atoms with Gasteiger partial charge in [0.1, 0.15) is 11.5 Å². The highest BCUT2D eigenvalue weighted by atomic mass is 16.5. The Labute approximate surface area is 142 Å². The van der Waals surface area contributed by atoms with Crippen LogP contribution in [0.3, 0.4) is 0 Å². The lowest BCUT2D eigenvalue weighted by atomic mass is 10.1. The lowest BCUT2D eigenvalue weighted by molar-refractivity contribution is -0.256. The van der Waals surface area contributed by atoms with E-state index in [-0.39, 0.29) is 22.6 Å². The summed E-state index contributed by atoms with van der Waals surface area (Å²) in [6, 6.07) is 2.28. The molecule has 0 bridgehead atoms. The molecule has 134 valence electrons. The third kappa shape index (κ3) is 6.10. The minimum Gasteiger partial charge on any atom is -0.545 e. The van der Waals surface area contributed by atoms with Crippen LogP contribution in [-0.2, 0) is 0 Å². The van der Waals surface area contributed by atoms with E-state index >= 15 is 0 Å². The van der Waals surface area contributed by atoms with Gasteiger partial charge in [0.05, 0.1) is 25.2 Å². The smallest absolute Gasteiger partial charge is 0.129 e. The van der Waals surface area contributed by atoms with Gasteiger partial charge in [0, 0.05) is 11.1 Å². The Hall–Kier alpha value is -2.24. The Morgan fingerprint density at radius 1 is 0.792 bits per heavy atom. The molecule has 6 heteroatoms. The summed E-state index contributed by atoms with van der Waals surface area (Å²) >= 11 is 0. The summed E-state index contributed by atoms with van der Waals surface area (Å²) in [7, 11) is 0. The van der Waals surface area contributed by atoms with E-state index in [1.165, 1.54) is 0 Å². The fourth-order valence-corrected chi connectivity index (χ4v) is 2.19. The molecule has 0 aliphatic rings. The summed E-state index contributed by atoms with van der Waals surface area (Å²) in [5.74, 6) is -2.95. The normalized spacial score (nSPS) is 10.4. The first-order chi connectivity index (χ1) is 11.5. The number of ether oxygens (including phenoxy) is 2. The summed E-state index contributed by atoms with van der Waals surface area (Å²) < 4.78 is 10.8. The van der Waals surface area contributed by atoms with Gasteiger partial charge in [0.2, 0.25) is 0 Å². The number of carboxylic acids is 2. The van der Waals surface area contributed by atoms with Gasteiger partial charge in [0.15, 0.2) is 0 Å². The number of carbonyl (C=O) groups is 2. The number of hydrogen-bond acceptors (Lipinski definition) is 6. The number of carboxylic acid groups (broad SMARTS) is 2. The average molecular weight is 336 g/mol. The van der Waals surface area contributed by atoms with Crippen molar-refractivity contribution in [3.8, 4) is 11.5 Å². The van der Waals surface area contributed by atoms with E-state index in [0.717, 1.165) is 50.7 Å². The molecule has 1 aromatic rings. The van der Waals surface area contributed by atoms with Gasteiger partial charge < -0.3 is 29.3 Å². The third-order valence-corrected chi connectivity index (χ3v) is 3.53. The van der Waals surface area contributed by atoms with Crippen LogP contribution in [0.5, 0.6) is 11.5 Å². The fraction of sp³-hybridized carbons (Fsp3) is 0.556. The molecule has 0 spiro atoms. The Kier molecular flexibility index (Phi) is 8.68. The van der Waals surface area contributed by atoms with Crippen molar-refractivity contribution < 1.29 is 29.3 Å². The van der Waals surface area contributed by atoms with Gasteiger partial charge in [-0.25, -0.2) is 0 Å². The second-order valence-corrected chi connectivity index (χ2v) is 5.53. The maximum atomic E-state index is 11.3. The van der Waals surface area contributed by atoms with E-state index in [1.54, 1.807) is 0 Å². The highest BCUT2D eigenvalue weighted by molar-refractivity contribution is 5.95. The minimum atomic E-state index is -1.44. The van der Waals surface area contributed by atoms with Gasteiger partial charge in [-0.05, 0) is 25.0 Å². The van der Waals surface area contributed by atoms with Gasteiger partial charge in [-0.3, -0.25) is 0 Å². The van der Waals surface area contributed by atoms with Gasteiger partial charge in [-0.1, -0.05) is 39.5 Å². The molecule has 6 nitrogen and oxygen atoms in total. The average Bonchev–Trinajstić information content (AvgIpc) is 2.55. The van der Waals surface area contributed by atoms with Crippen LogP contribution in [-0.4, -0.2) is 25.2 Å². The molecule has 1 rings (SSSR count). The Morgan fingerprint density at radius 2 is 1.17 bits per heavy atom. The predicted molar refractivity (Wildman–Crippen MR) is 85.1 cm³/mol. The van der Waals surface area contributed by atoms with Crippen LogP contribution in [0.15, 0.2) is 12.1 Å². The van der Waals surface area contributed by atoms with Crippen molar-refractivity contribution >= 4 is 11.9 Å². The largest absolute Gasteiger partial charge is 0.545 e. The molecule has 0 unspecified atom stereocenters. The van der Waals surface area contributed by atoms with E-state index in [4.69, 9.17) is 9.47 Å². The van der Waals surface area contributed by atoms with E-state index in [9.17, 15) is 19.8 Å². The zero-order valence-corrected chi connectivity index (χ0v) is 14.3. The second-order valence-electron chi connectivity index (χ2n) is 5.53. The molecule has 0 N–H and O–H groups in total. The van der Waals surface area contributed by atoms with Gasteiger partial charge in [0.25, 0.3) is 0 Å². The Balaban J connectivity index is 3.00. The first kappa shape index (κ1) is 19.8. The molecular formula is C18H24O6-2. The van der Waals surface area contributed by atoms with Crippen LogP contribution in [0.2, 0.25) is 0 Å². The molecule has 0 aromatic heterocycles. The SMILES string of the molecule is CCCCCOc1cc(C(=O)[O-])c(OCCCCC)cc1C(=O)[O-].